The summed E-state index contributed by atoms with van der Waals surface area (Å²) in [5, 5.41) is 10.7. The number of aliphatic carboxylic acids is 1. The molecule has 40 heavy (non-hydrogen) atoms. The number of carboxylic acids is 1. The number of ether oxygens (including phenoxy) is 1. The topological polar surface area (TPSA) is 70.1 Å². The van der Waals surface area contributed by atoms with Crippen LogP contribution in [0, 0.1) is 17.7 Å². The predicted octanol–water partition coefficient (Wildman–Crippen LogP) is 6.57. The first-order valence-corrected chi connectivity index (χ1v) is 14.7. The van der Waals surface area contributed by atoms with Crippen LogP contribution in [0.2, 0.25) is 10.0 Å². The summed E-state index contributed by atoms with van der Waals surface area (Å²) in [6.07, 6.45) is 2.88. The lowest BCUT2D eigenvalue weighted by molar-refractivity contribution is -0.141. The third-order valence-electron chi connectivity index (χ3n) is 8.47. The smallest absolute Gasteiger partial charge is 0.326 e. The van der Waals surface area contributed by atoms with Crippen LogP contribution in [0.4, 0.5) is 8.78 Å². The molecule has 2 saturated heterocycles. The van der Waals surface area contributed by atoms with E-state index in [1.54, 1.807) is 6.07 Å². The minimum absolute atomic E-state index is 0.153. The summed E-state index contributed by atoms with van der Waals surface area (Å²) in [7, 11) is 0. The number of rotatable bonds is 9. The van der Waals surface area contributed by atoms with Gasteiger partial charge in [-0.3, -0.25) is 9.69 Å². The van der Waals surface area contributed by atoms with Crippen molar-refractivity contribution in [3.8, 4) is 5.75 Å². The molecule has 2 aromatic rings. The number of halogens is 4. The molecule has 0 aromatic heterocycles. The van der Waals surface area contributed by atoms with Gasteiger partial charge in [0.05, 0.1) is 18.7 Å². The molecule has 3 aliphatic rings. The van der Waals surface area contributed by atoms with Crippen molar-refractivity contribution in [1.82, 2.24) is 9.80 Å². The molecule has 6 nitrogen and oxygen atoms in total. The minimum atomic E-state index is -1.45. The Labute approximate surface area is 243 Å². The summed E-state index contributed by atoms with van der Waals surface area (Å²) in [5.41, 5.74) is 1.55. The van der Waals surface area contributed by atoms with Crippen molar-refractivity contribution in [3.63, 3.8) is 0 Å². The second-order valence-electron chi connectivity index (χ2n) is 11.4. The van der Waals surface area contributed by atoms with Gasteiger partial charge in [0, 0.05) is 28.6 Å². The van der Waals surface area contributed by atoms with Crippen LogP contribution in [0.25, 0.3) is 0 Å². The van der Waals surface area contributed by atoms with Gasteiger partial charge in [0.1, 0.15) is 23.8 Å². The molecule has 10 heteroatoms. The molecular formula is C30H34Cl2F2N2O4. The Kier molecular flexibility index (Phi) is 8.88. The predicted molar refractivity (Wildman–Crippen MR) is 149 cm³/mol. The molecule has 1 aliphatic carbocycles. The highest BCUT2D eigenvalue weighted by molar-refractivity contribution is 6.35. The fraction of sp³-hybridized carbons (Fsp3) is 0.533. The van der Waals surface area contributed by atoms with Gasteiger partial charge in [-0.05, 0) is 93.3 Å². The van der Waals surface area contributed by atoms with Gasteiger partial charge in [-0.25, -0.2) is 13.6 Å². The molecule has 3 atom stereocenters. The SMILES string of the molecule is CC(c1ccc(Cl)cc1Cl)N1CCC(COc2cc(F)c(C(=O)N3C[C@H](F)C[C@H]3C(=O)O)cc2CC2CC2)CC1. The maximum atomic E-state index is 15.2. The molecule has 0 spiro atoms. The standard InChI is InChI=1S/C30H34Cl2F2N2O4/c1-17(23-5-4-21(31)12-25(23)32)35-8-6-19(7-9-35)16-40-28-14-26(34)24(11-20(28)10-18-2-3-18)29(37)36-15-22(33)13-27(36)30(38)39/h4-5,11-12,14,17-19,22,27H,2-3,6-10,13,15-16H2,1H3,(H,38,39)/t17?,22-,27+/m1/s1. The average Bonchev–Trinajstić information content (AvgIpc) is 3.65. The maximum absolute atomic E-state index is 15.2. The van der Waals surface area contributed by atoms with Crippen molar-refractivity contribution < 1.29 is 28.2 Å². The van der Waals surface area contributed by atoms with E-state index in [9.17, 15) is 19.1 Å². The summed E-state index contributed by atoms with van der Waals surface area (Å²) >= 11 is 12.5. The van der Waals surface area contributed by atoms with Gasteiger partial charge >= 0.3 is 5.97 Å². The van der Waals surface area contributed by atoms with Crippen LogP contribution in [0.1, 0.15) is 66.6 Å². The molecular weight excluding hydrogens is 561 g/mol. The third-order valence-corrected chi connectivity index (χ3v) is 9.03. The summed E-state index contributed by atoms with van der Waals surface area (Å²) < 4.78 is 35.4. The first kappa shape index (κ1) is 29.1. The van der Waals surface area contributed by atoms with Gasteiger partial charge in [0.2, 0.25) is 0 Å². The minimum Gasteiger partial charge on any atom is -0.493 e. The van der Waals surface area contributed by atoms with Gasteiger partial charge in [0.25, 0.3) is 5.91 Å². The van der Waals surface area contributed by atoms with Crippen LogP contribution in [0.5, 0.6) is 5.75 Å². The second-order valence-corrected chi connectivity index (χ2v) is 12.2. The molecule has 0 radical (unpaired) electrons. The Balaban J connectivity index is 1.24. The number of hydrogen-bond donors (Lipinski definition) is 1. The Morgan fingerprint density at radius 1 is 1.10 bits per heavy atom. The van der Waals surface area contributed by atoms with E-state index in [0.717, 1.165) is 54.8 Å². The van der Waals surface area contributed by atoms with Crippen molar-refractivity contribution >= 4 is 35.1 Å². The quantitative estimate of drug-likeness (QED) is 0.355. The largest absolute Gasteiger partial charge is 0.493 e. The van der Waals surface area contributed by atoms with Crippen molar-refractivity contribution in [3.05, 3.63) is 62.9 Å². The zero-order valence-corrected chi connectivity index (χ0v) is 23.9. The van der Waals surface area contributed by atoms with Gasteiger partial charge in [-0.1, -0.05) is 29.3 Å². The van der Waals surface area contributed by atoms with Crippen LogP contribution < -0.4 is 4.74 Å². The van der Waals surface area contributed by atoms with Crippen LogP contribution in [0.3, 0.4) is 0 Å². The molecule has 1 amide bonds. The number of alkyl halides is 1. The van der Waals surface area contributed by atoms with Crippen molar-refractivity contribution in [2.24, 2.45) is 11.8 Å². The third kappa shape index (κ3) is 6.55. The number of hydrogen-bond acceptors (Lipinski definition) is 4. The molecule has 1 N–H and O–H groups in total. The molecule has 2 aliphatic heterocycles. The van der Waals surface area contributed by atoms with E-state index in [2.05, 4.69) is 11.8 Å². The van der Waals surface area contributed by atoms with Crippen molar-refractivity contribution in [2.45, 2.75) is 63.7 Å². The van der Waals surface area contributed by atoms with Crippen molar-refractivity contribution in [1.29, 1.82) is 0 Å². The van der Waals surface area contributed by atoms with E-state index in [1.807, 2.05) is 12.1 Å². The monoisotopic (exact) mass is 594 g/mol. The van der Waals surface area contributed by atoms with Gasteiger partial charge in [-0.2, -0.15) is 0 Å². The lowest BCUT2D eigenvalue weighted by Crippen LogP contribution is -2.41. The summed E-state index contributed by atoms with van der Waals surface area (Å²) in [6.45, 7) is 3.97. The van der Waals surface area contributed by atoms with Gasteiger partial charge in [0.15, 0.2) is 0 Å². The molecule has 5 rings (SSSR count). The lowest BCUT2D eigenvalue weighted by atomic mass is 9.95. The Morgan fingerprint density at radius 2 is 1.82 bits per heavy atom. The first-order valence-electron chi connectivity index (χ1n) is 13.9. The number of amides is 1. The number of carbonyl (C=O) groups is 2. The number of carboxylic acid groups (broad SMARTS) is 1. The first-order chi connectivity index (χ1) is 19.1. The Morgan fingerprint density at radius 3 is 2.48 bits per heavy atom. The van der Waals surface area contributed by atoms with E-state index in [4.69, 9.17) is 27.9 Å². The van der Waals surface area contributed by atoms with Gasteiger partial charge in [-0.15, -0.1) is 0 Å². The number of piperidine rings is 1. The van der Waals surface area contributed by atoms with E-state index in [0.29, 0.717) is 40.7 Å². The fourth-order valence-corrected chi connectivity index (χ4v) is 6.41. The average molecular weight is 596 g/mol. The summed E-state index contributed by atoms with van der Waals surface area (Å²) in [6, 6.07) is 7.16. The van der Waals surface area contributed by atoms with Crippen LogP contribution in [-0.2, 0) is 11.2 Å². The molecule has 1 unspecified atom stereocenters. The van der Waals surface area contributed by atoms with E-state index >= 15 is 4.39 Å². The molecule has 2 heterocycles. The van der Waals surface area contributed by atoms with E-state index in [1.165, 1.54) is 12.1 Å². The fourth-order valence-electron chi connectivity index (χ4n) is 5.84. The maximum Gasteiger partial charge on any atom is 0.326 e. The highest BCUT2D eigenvalue weighted by Gasteiger charge is 2.41. The molecule has 0 bridgehead atoms. The molecule has 216 valence electrons. The van der Waals surface area contributed by atoms with Crippen molar-refractivity contribution in [2.75, 3.05) is 26.2 Å². The summed E-state index contributed by atoms with van der Waals surface area (Å²) in [4.78, 5) is 28.0. The number of carbonyl (C=O) groups excluding carboxylic acids is 1. The van der Waals surface area contributed by atoms with Gasteiger partial charge < -0.3 is 14.7 Å². The van der Waals surface area contributed by atoms with Crippen LogP contribution >= 0.6 is 23.2 Å². The van der Waals surface area contributed by atoms with Crippen LogP contribution in [-0.4, -0.2) is 65.2 Å². The Bertz CT molecular complexity index is 1270. The van der Waals surface area contributed by atoms with E-state index in [-0.39, 0.29) is 24.6 Å². The number of benzene rings is 2. The lowest BCUT2D eigenvalue weighted by Gasteiger charge is -2.36. The molecule has 3 fully saturated rings. The van der Waals surface area contributed by atoms with Crippen LogP contribution in [0.15, 0.2) is 30.3 Å². The summed E-state index contributed by atoms with van der Waals surface area (Å²) in [5.74, 6) is -1.70. The number of nitrogens with zero attached hydrogens (tertiary/aromatic N) is 2. The Hall–Kier alpha value is -2.42. The number of likely N-dealkylation sites (tertiary alicyclic amines) is 2. The highest BCUT2D eigenvalue weighted by Crippen LogP contribution is 2.38. The molecule has 1 saturated carbocycles. The zero-order valence-electron chi connectivity index (χ0n) is 22.4. The molecule has 2 aromatic carbocycles. The zero-order chi connectivity index (χ0) is 28.6. The highest BCUT2D eigenvalue weighted by atomic mass is 35.5. The normalized spacial score (nSPS) is 22.9. The van der Waals surface area contributed by atoms with E-state index < -0.39 is 29.9 Å². The second kappa shape index (κ2) is 12.2.